The summed E-state index contributed by atoms with van der Waals surface area (Å²) in [6.07, 6.45) is -5.82. The number of nitrogens with zero attached hydrogens (tertiary/aromatic N) is 2. The van der Waals surface area contributed by atoms with Crippen LogP contribution in [0.5, 0.6) is 0 Å². The first-order valence-corrected chi connectivity index (χ1v) is 5.67. The van der Waals surface area contributed by atoms with E-state index < -0.39 is 23.4 Å². The number of aromatic nitrogens is 3. The molecule has 0 bridgehead atoms. The van der Waals surface area contributed by atoms with Gasteiger partial charge in [-0.3, -0.25) is 14.2 Å². The fourth-order valence-electron chi connectivity index (χ4n) is 2.06. The van der Waals surface area contributed by atoms with Crippen LogP contribution >= 0.6 is 0 Å². The van der Waals surface area contributed by atoms with E-state index >= 15 is 0 Å². The van der Waals surface area contributed by atoms with Crippen LogP contribution in [0.2, 0.25) is 0 Å². The molecule has 0 aliphatic rings. The largest absolute Gasteiger partial charge is 0.459 e. The lowest BCUT2D eigenvalue weighted by molar-refractivity contribution is -0.291. The molecule has 0 aliphatic heterocycles. The fourth-order valence-corrected chi connectivity index (χ4v) is 2.06. The van der Waals surface area contributed by atoms with Crippen molar-refractivity contribution in [1.29, 1.82) is 0 Å². The molecule has 0 spiro atoms. The zero-order valence-electron chi connectivity index (χ0n) is 10.1. The van der Waals surface area contributed by atoms with Crippen molar-refractivity contribution in [3.05, 3.63) is 46.4 Å². The Morgan fingerprint density at radius 3 is 2.43 bits per heavy atom. The van der Waals surface area contributed by atoms with Gasteiger partial charge in [0.2, 0.25) is 5.78 Å². The van der Waals surface area contributed by atoms with Gasteiger partial charge in [-0.2, -0.15) is 22.0 Å². The number of fused-ring (bicyclic) bond motifs is 3. The monoisotopic (exact) mass is 303 g/mol. The number of aromatic amines is 1. The topological polar surface area (TPSA) is 50.2 Å². The Kier molecular flexibility index (Phi) is 2.59. The van der Waals surface area contributed by atoms with Crippen LogP contribution in [0, 0.1) is 0 Å². The van der Waals surface area contributed by atoms with Crippen LogP contribution in [0.4, 0.5) is 22.0 Å². The van der Waals surface area contributed by atoms with Gasteiger partial charge in [0.15, 0.2) is 0 Å². The minimum Gasteiger partial charge on any atom is -0.292 e. The number of para-hydroxylation sites is 2. The highest BCUT2D eigenvalue weighted by molar-refractivity contribution is 5.79. The van der Waals surface area contributed by atoms with E-state index in [4.69, 9.17) is 0 Å². The van der Waals surface area contributed by atoms with Crippen molar-refractivity contribution in [2.24, 2.45) is 0 Å². The van der Waals surface area contributed by atoms with Gasteiger partial charge in [0, 0.05) is 6.07 Å². The molecule has 2 heterocycles. The predicted octanol–water partition coefficient (Wildman–Crippen LogP) is 2.83. The lowest BCUT2D eigenvalue weighted by Gasteiger charge is -2.20. The molecule has 1 N–H and O–H groups in total. The number of rotatable bonds is 1. The zero-order valence-corrected chi connectivity index (χ0v) is 10.1. The van der Waals surface area contributed by atoms with Gasteiger partial charge in [0.05, 0.1) is 11.0 Å². The number of halogens is 5. The molecule has 0 amide bonds. The molecule has 0 atom stereocenters. The second-order valence-corrected chi connectivity index (χ2v) is 4.35. The fraction of sp³-hybridized carbons (Fsp3) is 0.167. The number of imidazole rings is 1. The van der Waals surface area contributed by atoms with Crippen LogP contribution in [0.1, 0.15) is 5.69 Å². The van der Waals surface area contributed by atoms with E-state index in [9.17, 15) is 26.7 Å². The summed E-state index contributed by atoms with van der Waals surface area (Å²) in [6.45, 7) is 0. The molecule has 1 aromatic carbocycles. The molecule has 0 saturated carbocycles. The van der Waals surface area contributed by atoms with Gasteiger partial charge in [-0.1, -0.05) is 12.1 Å². The third-order valence-corrected chi connectivity index (χ3v) is 2.98. The summed E-state index contributed by atoms with van der Waals surface area (Å²) in [5.41, 5.74) is -2.32. The first-order chi connectivity index (χ1) is 9.72. The molecule has 9 heteroatoms. The van der Waals surface area contributed by atoms with Crippen molar-refractivity contribution >= 4 is 16.8 Å². The second kappa shape index (κ2) is 4.03. The van der Waals surface area contributed by atoms with E-state index in [0.717, 1.165) is 0 Å². The first kappa shape index (κ1) is 13.5. The quantitative estimate of drug-likeness (QED) is 0.703. The first-order valence-electron chi connectivity index (χ1n) is 5.67. The standard InChI is InChI=1S/C12H6F5N3O/c13-11(14,12(15,16)17)8-5-9(21)19-10-18-6-3-1-2-4-7(6)20(8)10/h1-5H,(H,18,19,21). The highest BCUT2D eigenvalue weighted by Crippen LogP contribution is 2.43. The van der Waals surface area contributed by atoms with Crippen molar-refractivity contribution in [2.75, 3.05) is 0 Å². The van der Waals surface area contributed by atoms with E-state index in [1.54, 1.807) is 6.07 Å². The maximum atomic E-state index is 13.7. The van der Waals surface area contributed by atoms with Crippen LogP contribution in [0.15, 0.2) is 35.1 Å². The van der Waals surface area contributed by atoms with E-state index in [-0.39, 0.29) is 22.9 Å². The molecule has 0 radical (unpaired) electrons. The Labute approximate surface area is 112 Å². The number of alkyl halides is 5. The number of H-pyrrole nitrogens is 1. The molecule has 3 aromatic rings. The van der Waals surface area contributed by atoms with Gasteiger partial charge in [0.1, 0.15) is 5.69 Å². The molecular formula is C12H6F5N3O. The van der Waals surface area contributed by atoms with Crippen molar-refractivity contribution < 1.29 is 22.0 Å². The van der Waals surface area contributed by atoms with E-state index in [1.807, 2.05) is 0 Å². The number of nitrogens with one attached hydrogen (secondary N) is 1. The lowest BCUT2D eigenvalue weighted by atomic mass is 10.2. The maximum Gasteiger partial charge on any atom is 0.459 e. The summed E-state index contributed by atoms with van der Waals surface area (Å²) in [5.74, 6) is -5.55. The van der Waals surface area contributed by atoms with Crippen molar-refractivity contribution in [1.82, 2.24) is 14.4 Å². The molecule has 21 heavy (non-hydrogen) atoms. The minimum atomic E-state index is -5.82. The second-order valence-electron chi connectivity index (χ2n) is 4.35. The molecule has 2 aromatic heterocycles. The number of hydrogen-bond donors (Lipinski definition) is 1. The molecule has 110 valence electrons. The Morgan fingerprint density at radius 1 is 1.10 bits per heavy atom. The summed E-state index contributed by atoms with van der Waals surface area (Å²) >= 11 is 0. The maximum absolute atomic E-state index is 13.7. The van der Waals surface area contributed by atoms with Gasteiger partial charge in [-0.25, -0.2) is 4.98 Å². The van der Waals surface area contributed by atoms with Gasteiger partial charge in [-0.15, -0.1) is 0 Å². The average Bonchev–Trinajstić information content (AvgIpc) is 2.74. The van der Waals surface area contributed by atoms with Crippen molar-refractivity contribution in [3.8, 4) is 0 Å². The van der Waals surface area contributed by atoms with Crippen LogP contribution in [0.3, 0.4) is 0 Å². The highest BCUT2D eigenvalue weighted by atomic mass is 19.4. The Balaban J connectivity index is 2.50. The normalized spacial score (nSPS) is 13.2. The molecule has 0 aliphatic carbocycles. The van der Waals surface area contributed by atoms with E-state index in [0.29, 0.717) is 4.40 Å². The van der Waals surface area contributed by atoms with Crippen molar-refractivity contribution in [2.45, 2.75) is 12.1 Å². The van der Waals surface area contributed by atoms with Gasteiger partial charge in [-0.05, 0) is 12.1 Å². The lowest BCUT2D eigenvalue weighted by Crippen LogP contribution is -2.36. The number of benzene rings is 1. The molecular weight excluding hydrogens is 297 g/mol. The highest BCUT2D eigenvalue weighted by Gasteiger charge is 2.60. The van der Waals surface area contributed by atoms with Gasteiger partial charge in [0.25, 0.3) is 5.56 Å². The SMILES string of the molecule is O=c1cc(C(F)(F)C(F)(F)F)n2c(nc3ccccc32)[nH]1. The van der Waals surface area contributed by atoms with E-state index in [1.165, 1.54) is 18.2 Å². The summed E-state index contributed by atoms with van der Waals surface area (Å²) in [6, 6.07) is 6.03. The molecule has 0 fully saturated rings. The molecule has 3 rings (SSSR count). The molecule has 0 unspecified atom stereocenters. The van der Waals surface area contributed by atoms with Gasteiger partial charge < -0.3 is 0 Å². The van der Waals surface area contributed by atoms with Crippen LogP contribution in [0.25, 0.3) is 16.8 Å². The minimum absolute atomic E-state index is 0.0441. The summed E-state index contributed by atoms with van der Waals surface area (Å²) < 4.78 is 65.7. The summed E-state index contributed by atoms with van der Waals surface area (Å²) in [5, 5.41) is 0. The zero-order chi connectivity index (χ0) is 15.4. The number of hydrogen-bond acceptors (Lipinski definition) is 2. The van der Waals surface area contributed by atoms with Crippen molar-refractivity contribution in [3.63, 3.8) is 0 Å². The Bertz CT molecular complexity index is 893. The van der Waals surface area contributed by atoms with Crippen LogP contribution in [-0.4, -0.2) is 20.5 Å². The van der Waals surface area contributed by atoms with Crippen LogP contribution in [-0.2, 0) is 5.92 Å². The smallest absolute Gasteiger partial charge is 0.292 e. The van der Waals surface area contributed by atoms with E-state index in [2.05, 4.69) is 9.97 Å². The predicted molar refractivity (Wildman–Crippen MR) is 63.3 cm³/mol. The van der Waals surface area contributed by atoms with Gasteiger partial charge >= 0.3 is 12.1 Å². The third-order valence-electron chi connectivity index (χ3n) is 2.98. The summed E-state index contributed by atoms with van der Waals surface area (Å²) in [7, 11) is 0. The Hall–Kier alpha value is -2.45. The third kappa shape index (κ3) is 1.88. The van der Waals surface area contributed by atoms with Crippen LogP contribution < -0.4 is 5.56 Å². The Morgan fingerprint density at radius 2 is 1.76 bits per heavy atom. The molecule has 0 saturated heterocycles. The average molecular weight is 303 g/mol. The summed E-state index contributed by atoms with van der Waals surface area (Å²) in [4.78, 5) is 17.3. The molecule has 4 nitrogen and oxygen atoms in total.